The first kappa shape index (κ1) is 13.4. The van der Waals surface area contributed by atoms with Crippen LogP contribution < -0.4 is 0 Å². The van der Waals surface area contributed by atoms with E-state index in [1.807, 2.05) is 6.07 Å². The summed E-state index contributed by atoms with van der Waals surface area (Å²) in [6, 6.07) is 1.94. The smallest absolute Gasteiger partial charge is 0.133 e. The van der Waals surface area contributed by atoms with E-state index in [0.29, 0.717) is 12.7 Å². The summed E-state index contributed by atoms with van der Waals surface area (Å²) in [4.78, 5) is 0. The van der Waals surface area contributed by atoms with Gasteiger partial charge in [-0.25, -0.2) is 0 Å². The van der Waals surface area contributed by atoms with Crippen LogP contribution in [0, 0.1) is 11.3 Å². The maximum absolute atomic E-state index is 8.23. The summed E-state index contributed by atoms with van der Waals surface area (Å²) in [7, 11) is 0. The summed E-state index contributed by atoms with van der Waals surface area (Å²) in [5.74, 6) is 0. The molecule has 0 saturated carbocycles. The summed E-state index contributed by atoms with van der Waals surface area (Å²) in [5.41, 5.74) is 0. The molecule has 0 aliphatic carbocycles. The van der Waals surface area contributed by atoms with Crippen LogP contribution >= 0.6 is 0 Å². The van der Waals surface area contributed by atoms with E-state index in [1.54, 1.807) is 0 Å². The van der Waals surface area contributed by atoms with Gasteiger partial charge in [-0.2, -0.15) is 5.26 Å². The number of hydrogen-bond donors (Lipinski definition) is 0. The van der Waals surface area contributed by atoms with Crippen molar-refractivity contribution in [3.8, 4) is 6.07 Å². The Morgan fingerprint density at radius 3 is 2.69 bits per heavy atom. The Labute approximate surface area is 97.5 Å². The van der Waals surface area contributed by atoms with Gasteiger partial charge in [-0.1, -0.05) is 0 Å². The van der Waals surface area contributed by atoms with Gasteiger partial charge in [0.05, 0.1) is 12.2 Å². The number of rotatable bonds is 9. The molecule has 0 spiro atoms. The van der Waals surface area contributed by atoms with Crippen LogP contribution in [0.2, 0.25) is 0 Å². The van der Waals surface area contributed by atoms with Gasteiger partial charge in [0, 0.05) is 26.4 Å². The molecule has 16 heavy (non-hydrogen) atoms. The molecule has 1 aliphatic rings. The SMILES string of the molecule is N#CCOCCCCOCCC1CCCO1. The lowest BCUT2D eigenvalue weighted by atomic mass is 10.2. The molecule has 1 unspecified atom stereocenters. The van der Waals surface area contributed by atoms with Gasteiger partial charge in [0.25, 0.3) is 0 Å². The molecular weight excluding hydrogens is 206 g/mol. The lowest BCUT2D eigenvalue weighted by Crippen LogP contribution is -2.09. The lowest BCUT2D eigenvalue weighted by molar-refractivity contribution is 0.0559. The molecule has 1 saturated heterocycles. The van der Waals surface area contributed by atoms with E-state index in [-0.39, 0.29) is 6.61 Å². The second-order valence-electron chi connectivity index (χ2n) is 3.95. The molecule has 0 aromatic rings. The summed E-state index contributed by atoms with van der Waals surface area (Å²) in [5, 5.41) is 8.23. The molecular formula is C12H21NO3. The van der Waals surface area contributed by atoms with Gasteiger partial charge >= 0.3 is 0 Å². The first-order valence-electron chi connectivity index (χ1n) is 6.07. The van der Waals surface area contributed by atoms with Crippen molar-refractivity contribution < 1.29 is 14.2 Å². The van der Waals surface area contributed by atoms with Crippen molar-refractivity contribution in [2.24, 2.45) is 0 Å². The predicted octanol–water partition coefficient (Wildman–Crippen LogP) is 1.89. The number of nitrogens with zero attached hydrogens (tertiary/aromatic N) is 1. The van der Waals surface area contributed by atoms with E-state index in [1.165, 1.54) is 12.8 Å². The van der Waals surface area contributed by atoms with Crippen molar-refractivity contribution >= 4 is 0 Å². The Hall–Kier alpha value is -0.630. The molecule has 0 amide bonds. The van der Waals surface area contributed by atoms with Crippen LogP contribution in [0.1, 0.15) is 32.1 Å². The van der Waals surface area contributed by atoms with Crippen LogP contribution in [0.4, 0.5) is 0 Å². The zero-order valence-corrected chi connectivity index (χ0v) is 9.82. The van der Waals surface area contributed by atoms with Crippen LogP contribution in [0.3, 0.4) is 0 Å². The molecule has 1 atom stereocenters. The normalized spacial score (nSPS) is 19.8. The number of unbranched alkanes of at least 4 members (excludes halogenated alkanes) is 1. The molecule has 0 N–H and O–H groups in total. The van der Waals surface area contributed by atoms with Crippen LogP contribution in [0.15, 0.2) is 0 Å². The Bertz CT molecular complexity index is 197. The first-order valence-corrected chi connectivity index (χ1v) is 6.07. The standard InChI is InChI=1S/C12H21NO3/c13-6-11-15-8-2-1-7-14-10-5-12-4-3-9-16-12/h12H,1-5,7-11H2. The first-order chi connectivity index (χ1) is 7.93. The predicted molar refractivity (Wildman–Crippen MR) is 60.1 cm³/mol. The third-order valence-electron chi connectivity index (χ3n) is 2.60. The van der Waals surface area contributed by atoms with E-state index in [4.69, 9.17) is 19.5 Å². The molecule has 92 valence electrons. The zero-order chi connectivity index (χ0) is 11.5. The minimum absolute atomic E-state index is 0.194. The number of hydrogen-bond acceptors (Lipinski definition) is 4. The summed E-state index contributed by atoms with van der Waals surface area (Å²) in [6.45, 7) is 3.34. The van der Waals surface area contributed by atoms with Gasteiger partial charge in [0.2, 0.25) is 0 Å². The lowest BCUT2D eigenvalue weighted by Gasteiger charge is -2.09. The van der Waals surface area contributed by atoms with Gasteiger partial charge in [-0.05, 0) is 32.1 Å². The van der Waals surface area contributed by atoms with Gasteiger partial charge in [0.15, 0.2) is 0 Å². The van der Waals surface area contributed by atoms with Crippen LogP contribution in [-0.2, 0) is 14.2 Å². The summed E-state index contributed by atoms with van der Waals surface area (Å²) >= 11 is 0. The van der Waals surface area contributed by atoms with Crippen molar-refractivity contribution in [3.05, 3.63) is 0 Å². The fourth-order valence-electron chi connectivity index (χ4n) is 1.71. The molecule has 4 nitrogen and oxygen atoms in total. The van der Waals surface area contributed by atoms with E-state index in [0.717, 1.165) is 39.1 Å². The maximum Gasteiger partial charge on any atom is 0.133 e. The Morgan fingerprint density at radius 1 is 1.19 bits per heavy atom. The molecule has 0 bridgehead atoms. The van der Waals surface area contributed by atoms with E-state index < -0.39 is 0 Å². The molecule has 1 heterocycles. The third-order valence-corrected chi connectivity index (χ3v) is 2.60. The fraction of sp³-hybridized carbons (Fsp3) is 0.917. The topological polar surface area (TPSA) is 51.5 Å². The summed E-state index contributed by atoms with van der Waals surface area (Å²) in [6.07, 6.45) is 5.79. The molecule has 4 heteroatoms. The molecule has 0 aromatic carbocycles. The minimum atomic E-state index is 0.194. The maximum atomic E-state index is 8.23. The average Bonchev–Trinajstić information content (AvgIpc) is 2.80. The second kappa shape index (κ2) is 9.59. The van der Waals surface area contributed by atoms with Crippen molar-refractivity contribution in [3.63, 3.8) is 0 Å². The van der Waals surface area contributed by atoms with Crippen LogP contribution in [-0.4, -0.2) is 39.1 Å². The fourth-order valence-corrected chi connectivity index (χ4v) is 1.71. The Balaban J connectivity index is 1.73. The second-order valence-corrected chi connectivity index (χ2v) is 3.95. The van der Waals surface area contributed by atoms with Crippen LogP contribution in [0.25, 0.3) is 0 Å². The van der Waals surface area contributed by atoms with Gasteiger partial charge in [-0.15, -0.1) is 0 Å². The molecule has 1 fully saturated rings. The highest BCUT2D eigenvalue weighted by Crippen LogP contribution is 2.14. The largest absolute Gasteiger partial charge is 0.381 e. The van der Waals surface area contributed by atoms with E-state index in [2.05, 4.69) is 0 Å². The van der Waals surface area contributed by atoms with Crippen molar-refractivity contribution in [2.45, 2.75) is 38.2 Å². The van der Waals surface area contributed by atoms with Crippen molar-refractivity contribution in [1.29, 1.82) is 5.26 Å². The zero-order valence-electron chi connectivity index (χ0n) is 9.82. The van der Waals surface area contributed by atoms with E-state index in [9.17, 15) is 0 Å². The Kier molecular flexibility index (Phi) is 8.05. The molecule has 1 rings (SSSR count). The average molecular weight is 227 g/mol. The molecule has 0 radical (unpaired) electrons. The summed E-state index contributed by atoms with van der Waals surface area (Å²) < 4.78 is 16.0. The monoisotopic (exact) mass is 227 g/mol. The van der Waals surface area contributed by atoms with Crippen molar-refractivity contribution in [2.75, 3.05) is 33.0 Å². The number of ether oxygens (including phenoxy) is 3. The Morgan fingerprint density at radius 2 is 2.00 bits per heavy atom. The quantitative estimate of drug-likeness (QED) is 0.564. The number of nitriles is 1. The third kappa shape index (κ3) is 6.78. The highest BCUT2D eigenvalue weighted by atomic mass is 16.5. The van der Waals surface area contributed by atoms with E-state index >= 15 is 0 Å². The van der Waals surface area contributed by atoms with Gasteiger partial charge < -0.3 is 14.2 Å². The molecule has 1 aliphatic heterocycles. The van der Waals surface area contributed by atoms with Gasteiger partial charge in [-0.3, -0.25) is 0 Å². The molecule has 0 aromatic heterocycles. The van der Waals surface area contributed by atoms with Gasteiger partial charge in [0.1, 0.15) is 6.61 Å². The highest BCUT2D eigenvalue weighted by Gasteiger charge is 2.14. The highest BCUT2D eigenvalue weighted by molar-refractivity contribution is 4.66. The van der Waals surface area contributed by atoms with Crippen LogP contribution in [0.5, 0.6) is 0 Å². The van der Waals surface area contributed by atoms with Crippen molar-refractivity contribution in [1.82, 2.24) is 0 Å². The minimum Gasteiger partial charge on any atom is -0.381 e.